The van der Waals surface area contributed by atoms with Gasteiger partial charge in [0.1, 0.15) is 0 Å². The third kappa shape index (κ3) is 8.88. The molecule has 0 spiro atoms. The molecule has 2 heteroatoms. The Hall–Kier alpha value is 0.960. The Balaban J connectivity index is -0.0000000800. The second-order valence-corrected chi connectivity index (χ2v) is 1.14. The van der Waals surface area contributed by atoms with E-state index >= 15 is 0 Å². The van der Waals surface area contributed by atoms with Crippen molar-refractivity contribution in [3.63, 3.8) is 0 Å². The topological polar surface area (TPSA) is 26.0 Å². The van der Waals surface area contributed by atoms with Crippen LogP contribution in [0.15, 0.2) is 0 Å². The van der Waals surface area contributed by atoms with Crippen LogP contribution in [-0.2, 0) is 0 Å². The SMILES string of the molecule is CCCCN.[H-].[Na+]. The number of unbranched alkanes of at least 4 members (excludes halogenated alkanes) is 1. The molecule has 2 N–H and O–H groups in total. The molecule has 0 radical (unpaired) electrons. The summed E-state index contributed by atoms with van der Waals surface area (Å²) >= 11 is 0. The van der Waals surface area contributed by atoms with Crippen molar-refractivity contribution in [3.05, 3.63) is 0 Å². The van der Waals surface area contributed by atoms with Crippen molar-refractivity contribution in [3.8, 4) is 0 Å². The molecule has 0 saturated heterocycles. The van der Waals surface area contributed by atoms with Crippen LogP contribution in [0.3, 0.4) is 0 Å². The van der Waals surface area contributed by atoms with Gasteiger partial charge in [-0.05, 0) is 13.0 Å². The first-order chi connectivity index (χ1) is 2.41. The maximum absolute atomic E-state index is 5.14. The van der Waals surface area contributed by atoms with Crippen LogP contribution in [0.4, 0.5) is 0 Å². The van der Waals surface area contributed by atoms with Crippen molar-refractivity contribution in [1.82, 2.24) is 0 Å². The zero-order valence-corrected chi connectivity index (χ0v) is 6.70. The summed E-state index contributed by atoms with van der Waals surface area (Å²) in [5.74, 6) is 0. The summed E-state index contributed by atoms with van der Waals surface area (Å²) in [6.45, 7) is 2.98. The monoisotopic (exact) mass is 97.1 g/mol. The van der Waals surface area contributed by atoms with Crippen LogP contribution in [0.1, 0.15) is 21.2 Å². The average Bonchev–Trinajstić information content (AvgIpc) is 1.41. The molecular formula is C4H12NNa. The van der Waals surface area contributed by atoms with Crippen LogP contribution in [0.25, 0.3) is 0 Å². The van der Waals surface area contributed by atoms with E-state index in [-0.39, 0.29) is 31.0 Å². The van der Waals surface area contributed by atoms with Crippen molar-refractivity contribution < 1.29 is 31.0 Å². The number of hydrogen-bond donors (Lipinski definition) is 1. The number of hydrogen-bond acceptors (Lipinski definition) is 1. The van der Waals surface area contributed by atoms with Gasteiger partial charge < -0.3 is 7.16 Å². The molecule has 0 aliphatic heterocycles. The molecule has 0 heterocycles. The fraction of sp³-hybridized carbons (Fsp3) is 1.00. The Kier molecular flexibility index (Phi) is 15.7. The molecule has 1 nitrogen and oxygen atoms in total. The van der Waals surface area contributed by atoms with Crippen molar-refractivity contribution in [2.45, 2.75) is 19.8 Å². The number of rotatable bonds is 2. The minimum absolute atomic E-state index is 0. The minimum atomic E-state index is 0. The quantitative estimate of drug-likeness (QED) is 0.391. The molecule has 0 rings (SSSR count). The van der Waals surface area contributed by atoms with Crippen molar-refractivity contribution >= 4 is 0 Å². The van der Waals surface area contributed by atoms with Gasteiger partial charge in [0, 0.05) is 0 Å². The van der Waals surface area contributed by atoms with Gasteiger partial charge in [0.2, 0.25) is 0 Å². The molecule has 6 heavy (non-hydrogen) atoms. The zero-order valence-electron chi connectivity index (χ0n) is 5.70. The minimum Gasteiger partial charge on any atom is -1.00 e. The van der Waals surface area contributed by atoms with E-state index in [0.29, 0.717) is 0 Å². The van der Waals surface area contributed by atoms with Crippen LogP contribution in [0, 0.1) is 0 Å². The molecule has 0 aromatic carbocycles. The van der Waals surface area contributed by atoms with Gasteiger partial charge in [-0.2, -0.15) is 0 Å². The first-order valence-corrected chi connectivity index (χ1v) is 2.12. The Bertz CT molecular complexity index is 19.2. The maximum Gasteiger partial charge on any atom is 1.00 e. The molecule has 0 aliphatic rings. The smallest absolute Gasteiger partial charge is 1.00 e. The van der Waals surface area contributed by atoms with Gasteiger partial charge in [-0.3, -0.25) is 0 Å². The van der Waals surface area contributed by atoms with Gasteiger partial charge in [0.05, 0.1) is 0 Å². The maximum atomic E-state index is 5.14. The van der Waals surface area contributed by atoms with Gasteiger partial charge in [-0.1, -0.05) is 13.3 Å². The molecular weight excluding hydrogens is 85.0 g/mol. The predicted octanol–water partition coefficient (Wildman–Crippen LogP) is -2.14. The molecule has 0 fully saturated rings. The molecule has 0 saturated carbocycles. The van der Waals surface area contributed by atoms with E-state index in [2.05, 4.69) is 6.92 Å². The van der Waals surface area contributed by atoms with E-state index in [4.69, 9.17) is 5.73 Å². The zero-order chi connectivity index (χ0) is 4.12. The van der Waals surface area contributed by atoms with E-state index < -0.39 is 0 Å². The molecule has 0 atom stereocenters. The van der Waals surface area contributed by atoms with Crippen molar-refractivity contribution in [2.75, 3.05) is 6.54 Å². The molecule has 34 valence electrons. The third-order valence-corrected chi connectivity index (χ3v) is 0.558. The fourth-order valence-corrected chi connectivity index (χ4v) is 0.204. The van der Waals surface area contributed by atoms with E-state index in [9.17, 15) is 0 Å². The van der Waals surface area contributed by atoms with E-state index in [1.54, 1.807) is 0 Å². The van der Waals surface area contributed by atoms with Gasteiger partial charge in [0.25, 0.3) is 0 Å². The van der Waals surface area contributed by atoms with Crippen LogP contribution >= 0.6 is 0 Å². The number of nitrogens with two attached hydrogens (primary N) is 1. The van der Waals surface area contributed by atoms with Crippen LogP contribution in [-0.4, -0.2) is 6.54 Å². The summed E-state index contributed by atoms with van der Waals surface area (Å²) in [7, 11) is 0. The van der Waals surface area contributed by atoms with E-state index in [1.165, 1.54) is 12.8 Å². The molecule has 0 aliphatic carbocycles. The Morgan fingerprint density at radius 3 is 2.17 bits per heavy atom. The van der Waals surface area contributed by atoms with Gasteiger partial charge in [0.15, 0.2) is 0 Å². The summed E-state index contributed by atoms with van der Waals surface area (Å²) in [5.41, 5.74) is 5.14. The standard InChI is InChI=1S/C4H11N.Na.H/c1-2-3-4-5;;/h2-5H2,1H3;;/q;+1;-1. The Morgan fingerprint density at radius 1 is 1.67 bits per heavy atom. The third-order valence-electron chi connectivity index (χ3n) is 0.558. The summed E-state index contributed by atoms with van der Waals surface area (Å²) in [4.78, 5) is 0. The van der Waals surface area contributed by atoms with E-state index in [0.717, 1.165) is 6.54 Å². The summed E-state index contributed by atoms with van der Waals surface area (Å²) in [6, 6.07) is 0. The first-order valence-electron chi connectivity index (χ1n) is 2.12. The second kappa shape index (κ2) is 9.35. The molecule has 0 aromatic heterocycles. The fourth-order valence-electron chi connectivity index (χ4n) is 0.204. The Morgan fingerprint density at radius 2 is 2.17 bits per heavy atom. The molecule has 0 unspecified atom stereocenters. The summed E-state index contributed by atoms with van der Waals surface area (Å²) < 4.78 is 0. The molecule has 0 amide bonds. The Labute approximate surface area is 63.1 Å². The second-order valence-electron chi connectivity index (χ2n) is 1.14. The van der Waals surface area contributed by atoms with Gasteiger partial charge in [-0.25, -0.2) is 0 Å². The summed E-state index contributed by atoms with van der Waals surface area (Å²) in [6.07, 6.45) is 2.39. The molecule has 0 aromatic rings. The van der Waals surface area contributed by atoms with Crippen molar-refractivity contribution in [2.24, 2.45) is 5.73 Å². The van der Waals surface area contributed by atoms with Crippen molar-refractivity contribution in [1.29, 1.82) is 0 Å². The van der Waals surface area contributed by atoms with Crippen LogP contribution in [0.2, 0.25) is 0 Å². The predicted molar refractivity (Wildman–Crippen MR) is 25.1 cm³/mol. The molecule has 0 bridgehead atoms. The van der Waals surface area contributed by atoms with E-state index in [1.807, 2.05) is 0 Å². The summed E-state index contributed by atoms with van der Waals surface area (Å²) in [5, 5.41) is 0. The van der Waals surface area contributed by atoms with Crippen LogP contribution in [0.5, 0.6) is 0 Å². The largest absolute Gasteiger partial charge is 1.00 e. The average molecular weight is 97.1 g/mol. The normalized spacial score (nSPS) is 7.00. The van der Waals surface area contributed by atoms with Gasteiger partial charge >= 0.3 is 29.6 Å². The van der Waals surface area contributed by atoms with Crippen LogP contribution < -0.4 is 35.3 Å². The van der Waals surface area contributed by atoms with Gasteiger partial charge in [-0.15, -0.1) is 0 Å². The first kappa shape index (κ1) is 10.0.